The Morgan fingerprint density at radius 1 is 0.412 bits per heavy atom. The van der Waals surface area contributed by atoms with E-state index in [0.717, 1.165) is 46.9 Å². The Kier molecular flexibility index (Phi) is 4.42. The second kappa shape index (κ2) is 7.49. The topological polar surface area (TPSA) is 198 Å². The predicted octanol–water partition coefficient (Wildman–Crippen LogP) is 1.39. The third-order valence-corrected chi connectivity index (χ3v) is 7.16. The van der Waals surface area contributed by atoms with Crippen molar-refractivity contribution in [1.29, 1.82) is 21.0 Å². The smallest absolute Gasteiger partial charge is 0.141 e. The molecule has 4 heterocycles. The molecule has 0 N–H and O–H groups in total. The Morgan fingerprint density at radius 3 is 0.882 bits per heavy atom. The SMILES string of the molecule is N#CC(C#N)=c1c2nsnc2c(=c2c3nsnc3c(=C(C#N)C#N)c3nsnc23)c2nsnc12. The molecule has 12 nitrogen and oxygen atoms in total. The molecule has 0 spiro atoms. The highest BCUT2D eigenvalue weighted by Crippen LogP contribution is 2.26. The van der Waals surface area contributed by atoms with Gasteiger partial charge in [-0.3, -0.25) is 0 Å². The van der Waals surface area contributed by atoms with Crippen LogP contribution < -0.4 is 10.4 Å². The number of aromatic nitrogens is 8. The molecule has 16 heteroatoms. The molecule has 6 rings (SSSR count). The van der Waals surface area contributed by atoms with Crippen LogP contribution in [0.25, 0.3) is 55.3 Å². The van der Waals surface area contributed by atoms with E-state index in [1.807, 2.05) is 24.3 Å². The molecule has 0 unspecified atom stereocenters. The lowest BCUT2D eigenvalue weighted by Crippen LogP contribution is -2.11. The highest BCUT2D eigenvalue weighted by molar-refractivity contribution is 7.01. The minimum atomic E-state index is -0.152. The number of hydrogen-bond acceptors (Lipinski definition) is 16. The van der Waals surface area contributed by atoms with Crippen LogP contribution in [0, 0.1) is 55.8 Å². The maximum absolute atomic E-state index is 9.53. The molecule has 0 radical (unpaired) electrons. The van der Waals surface area contributed by atoms with Crippen LogP contribution in [-0.4, -0.2) is 35.0 Å². The van der Waals surface area contributed by atoms with E-state index >= 15 is 0 Å². The normalized spacial score (nSPS) is 10.8. The lowest BCUT2D eigenvalue weighted by atomic mass is 10.0. The molecule has 2 aromatic carbocycles. The molecule has 0 amide bonds. The predicted molar refractivity (Wildman–Crippen MR) is 123 cm³/mol. The Morgan fingerprint density at radius 2 is 0.647 bits per heavy atom. The third-order valence-electron chi connectivity index (χ3n) is 5.05. The Labute approximate surface area is 202 Å². The maximum Gasteiger partial charge on any atom is 0.141 e. The summed E-state index contributed by atoms with van der Waals surface area (Å²) in [5, 5.41) is 39.7. The summed E-state index contributed by atoms with van der Waals surface area (Å²) in [4.78, 5) is 0. The number of fused-ring (bicyclic) bond motifs is 4. The average molecular weight is 513 g/mol. The van der Waals surface area contributed by atoms with Gasteiger partial charge in [0, 0.05) is 10.4 Å². The summed E-state index contributed by atoms with van der Waals surface area (Å²) in [6.07, 6.45) is 0. The molecule has 6 aromatic rings. The third kappa shape index (κ3) is 2.50. The van der Waals surface area contributed by atoms with Gasteiger partial charge in [0.2, 0.25) is 0 Å². The molecule has 0 saturated carbocycles. The monoisotopic (exact) mass is 512 g/mol. The van der Waals surface area contributed by atoms with Crippen LogP contribution in [0.15, 0.2) is 0 Å². The fraction of sp³-hybridized carbons (Fsp3) is 0. The van der Waals surface area contributed by atoms with Crippen molar-refractivity contribution in [3.8, 4) is 24.3 Å². The minimum Gasteiger partial charge on any atom is -0.192 e. The average Bonchev–Trinajstić information content (AvgIpc) is 3.66. The van der Waals surface area contributed by atoms with Gasteiger partial charge < -0.3 is 0 Å². The second-order valence-electron chi connectivity index (χ2n) is 6.54. The van der Waals surface area contributed by atoms with E-state index in [0.29, 0.717) is 54.6 Å². The fourth-order valence-electron chi connectivity index (χ4n) is 3.74. The van der Waals surface area contributed by atoms with E-state index in [2.05, 4.69) is 35.0 Å². The fourth-order valence-corrected chi connectivity index (χ4v) is 5.97. The molecule has 4 aromatic heterocycles. The Balaban J connectivity index is 2.12. The van der Waals surface area contributed by atoms with E-state index in [4.69, 9.17) is 0 Å². The zero-order chi connectivity index (χ0) is 23.4. The quantitative estimate of drug-likeness (QED) is 0.284. The minimum absolute atomic E-state index is 0.152. The van der Waals surface area contributed by atoms with Crippen molar-refractivity contribution in [3.63, 3.8) is 0 Å². The first kappa shape index (κ1) is 20.1. The molecular weight excluding hydrogens is 513 g/mol. The van der Waals surface area contributed by atoms with Gasteiger partial charge in [0.05, 0.1) is 57.4 Å². The van der Waals surface area contributed by atoms with Crippen LogP contribution in [0.1, 0.15) is 0 Å². The van der Waals surface area contributed by atoms with Crippen LogP contribution in [0.3, 0.4) is 0 Å². The van der Waals surface area contributed by atoms with Crippen molar-refractivity contribution in [3.05, 3.63) is 20.9 Å². The van der Waals surface area contributed by atoms with Crippen molar-refractivity contribution >= 4 is 102 Å². The van der Waals surface area contributed by atoms with Crippen LogP contribution in [0.4, 0.5) is 0 Å². The lowest BCUT2D eigenvalue weighted by Gasteiger charge is -1.99. The van der Waals surface area contributed by atoms with Crippen molar-refractivity contribution in [2.24, 2.45) is 0 Å². The summed E-state index contributed by atoms with van der Waals surface area (Å²) >= 11 is 3.67. The molecule has 0 bridgehead atoms. The van der Waals surface area contributed by atoms with E-state index in [9.17, 15) is 21.0 Å². The number of nitriles is 4. The van der Waals surface area contributed by atoms with Crippen molar-refractivity contribution in [1.82, 2.24) is 35.0 Å². The molecule has 0 fully saturated rings. The van der Waals surface area contributed by atoms with Gasteiger partial charge in [-0.05, 0) is 0 Å². The van der Waals surface area contributed by atoms with Gasteiger partial charge >= 0.3 is 0 Å². The van der Waals surface area contributed by atoms with Crippen molar-refractivity contribution in [2.45, 2.75) is 0 Å². The molecule has 156 valence electrons. The van der Waals surface area contributed by atoms with E-state index in [1.165, 1.54) is 0 Å². The summed E-state index contributed by atoms with van der Waals surface area (Å²) in [7, 11) is 0. The maximum atomic E-state index is 9.53. The zero-order valence-electron chi connectivity index (χ0n) is 16.0. The van der Waals surface area contributed by atoms with Crippen LogP contribution >= 0.6 is 46.9 Å². The van der Waals surface area contributed by atoms with Gasteiger partial charge in [0.1, 0.15) is 79.6 Å². The molecule has 0 aliphatic heterocycles. The van der Waals surface area contributed by atoms with Crippen molar-refractivity contribution < 1.29 is 0 Å². The highest BCUT2D eigenvalue weighted by atomic mass is 32.1. The van der Waals surface area contributed by atoms with Gasteiger partial charge in [0.15, 0.2) is 0 Å². The first-order valence-corrected chi connectivity index (χ1v) is 11.8. The van der Waals surface area contributed by atoms with E-state index < -0.39 is 0 Å². The first-order valence-electron chi connectivity index (χ1n) is 8.89. The van der Waals surface area contributed by atoms with Gasteiger partial charge in [-0.25, -0.2) is 0 Å². The molecule has 0 aliphatic carbocycles. The summed E-state index contributed by atoms with van der Waals surface area (Å²) in [5.74, 6) is 0. The molecule has 0 saturated heterocycles. The summed E-state index contributed by atoms with van der Waals surface area (Å²) in [5.41, 5.74) is 2.59. The van der Waals surface area contributed by atoms with Crippen LogP contribution in [-0.2, 0) is 0 Å². The van der Waals surface area contributed by atoms with Crippen LogP contribution in [0.5, 0.6) is 0 Å². The largest absolute Gasteiger partial charge is 0.192 e. The lowest BCUT2D eigenvalue weighted by molar-refractivity contribution is 1.46. The Hall–Kier alpha value is -4.58. The highest BCUT2D eigenvalue weighted by Gasteiger charge is 2.21. The van der Waals surface area contributed by atoms with E-state index in [-0.39, 0.29) is 21.6 Å². The second-order valence-corrected chi connectivity index (χ2v) is 8.66. The van der Waals surface area contributed by atoms with Gasteiger partial charge in [-0.2, -0.15) is 56.0 Å². The van der Waals surface area contributed by atoms with Crippen molar-refractivity contribution in [2.75, 3.05) is 0 Å². The molecule has 0 atom stereocenters. The summed E-state index contributed by atoms with van der Waals surface area (Å²) in [6.45, 7) is 0. The molecule has 34 heavy (non-hydrogen) atoms. The Bertz CT molecular complexity index is 1930. The first-order chi connectivity index (χ1) is 16.7. The molecule has 0 aliphatic rings. The number of nitrogens with zero attached hydrogens (tertiary/aromatic N) is 12. The van der Waals surface area contributed by atoms with Gasteiger partial charge in [0.25, 0.3) is 0 Å². The number of hydrogen-bond donors (Lipinski definition) is 0. The van der Waals surface area contributed by atoms with Crippen LogP contribution in [0.2, 0.25) is 0 Å². The van der Waals surface area contributed by atoms with Gasteiger partial charge in [-0.15, -0.1) is 0 Å². The summed E-state index contributed by atoms with van der Waals surface area (Å²) < 4.78 is 35.2. The standard InChI is InChI=1S/C18N12S4/c19-1-5(2-20)7-11-15(27-31-23-11)9(16-12(7)24-32-28-16)10-17-13(25-33-29-17)8(6(3-21)4-22)14-18(10)30-34-26-14. The summed E-state index contributed by atoms with van der Waals surface area (Å²) in [6, 6.07) is 7.60. The molecular formula is C18N12S4. The number of benzene rings is 2. The van der Waals surface area contributed by atoms with E-state index in [1.54, 1.807) is 0 Å². The van der Waals surface area contributed by atoms with Gasteiger partial charge in [-0.1, -0.05) is 0 Å². The number of rotatable bonds is 0. The zero-order valence-corrected chi connectivity index (χ0v) is 19.3.